The van der Waals surface area contributed by atoms with Crippen LogP contribution in [0.15, 0.2) is 12.2 Å². The Balaban J connectivity index is 0.000000269. The quantitative estimate of drug-likeness (QED) is 0.222. The van der Waals surface area contributed by atoms with Gasteiger partial charge in [0.2, 0.25) is 0 Å². The van der Waals surface area contributed by atoms with Gasteiger partial charge in [-0.25, -0.2) is 4.79 Å². The van der Waals surface area contributed by atoms with Crippen molar-refractivity contribution in [3.63, 3.8) is 0 Å². The molecule has 2 saturated heterocycles. The summed E-state index contributed by atoms with van der Waals surface area (Å²) in [5.74, 6) is -0.409. The van der Waals surface area contributed by atoms with E-state index < -0.39 is 12.1 Å². The van der Waals surface area contributed by atoms with Crippen molar-refractivity contribution >= 4 is 17.6 Å². The molecule has 4 fully saturated rings. The van der Waals surface area contributed by atoms with Crippen LogP contribution in [0.2, 0.25) is 0 Å². The number of halogens is 1. The van der Waals surface area contributed by atoms with Crippen molar-refractivity contribution in [2.24, 2.45) is 0 Å². The molecule has 0 aromatic heterocycles. The molecule has 0 N–H and O–H groups in total. The minimum absolute atomic E-state index is 0.169. The maximum atomic E-state index is 11.6. The van der Waals surface area contributed by atoms with Gasteiger partial charge in [-0.15, -0.1) is 0 Å². The summed E-state index contributed by atoms with van der Waals surface area (Å²) in [4.78, 5) is 11.6. The van der Waals surface area contributed by atoms with Gasteiger partial charge in [0.05, 0.1) is 25.4 Å². The van der Waals surface area contributed by atoms with E-state index in [0.29, 0.717) is 37.1 Å². The number of ether oxygens (including phenoxy) is 6. The third kappa shape index (κ3) is 7.96. The van der Waals surface area contributed by atoms with Gasteiger partial charge in [0.25, 0.3) is 0 Å². The van der Waals surface area contributed by atoms with E-state index in [1.54, 1.807) is 6.92 Å². The first kappa shape index (κ1) is 25.9. The summed E-state index contributed by atoms with van der Waals surface area (Å²) in [6.07, 6.45) is 12.2. The first-order valence-corrected chi connectivity index (χ1v) is 12.6. The van der Waals surface area contributed by atoms with E-state index in [1.165, 1.54) is 51.4 Å². The van der Waals surface area contributed by atoms with Crippen LogP contribution in [0.4, 0.5) is 0 Å². The zero-order chi connectivity index (χ0) is 22.8. The van der Waals surface area contributed by atoms with Gasteiger partial charge in [0.1, 0.15) is 31.2 Å². The molecule has 7 nitrogen and oxygen atoms in total. The molecular weight excluding hydrogens is 436 g/mol. The van der Waals surface area contributed by atoms with Crippen LogP contribution in [0.5, 0.6) is 0 Å². The van der Waals surface area contributed by atoms with Crippen LogP contribution >= 0.6 is 11.6 Å². The van der Waals surface area contributed by atoms with Gasteiger partial charge < -0.3 is 28.4 Å². The highest BCUT2D eigenvalue weighted by molar-refractivity contribution is 6.17. The topological polar surface area (TPSA) is 72.5 Å². The Bertz CT molecular complexity index is 572. The Morgan fingerprint density at radius 1 is 0.844 bits per heavy atom. The molecule has 2 saturated carbocycles. The smallest absolute Gasteiger partial charge is 0.333 e. The molecule has 2 aliphatic carbocycles. The van der Waals surface area contributed by atoms with E-state index in [9.17, 15) is 4.79 Å². The summed E-state index contributed by atoms with van der Waals surface area (Å²) < 4.78 is 33.6. The van der Waals surface area contributed by atoms with Gasteiger partial charge in [-0.3, -0.25) is 0 Å². The molecule has 0 bridgehead atoms. The average Bonchev–Trinajstić information content (AvgIpc) is 3.39. The van der Waals surface area contributed by atoms with Crippen molar-refractivity contribution in [2.75, 3.05) is 26.1 Å². The summed E-state index contributed by atoms with van der Waals surface area (Å²) in [5, 5.41) is 0. The molecule has 4 rings (SSSR count). The maximum Gasteiger partial charge on any atom is 0.333 e. The SMILES string of the molecule is C=C(C)C(=O)O[C@H]1CO[C@H]2[C@@H]1OC[C@H]2OCOC1CCCCC1.ClCOC1CCCCC1. The summed E-state index contributed by atoms with van der Waals surface area (Å²) >= 11 is 5.41. The normalized spacial score (nSPS) is 30.9. The number of carbonyl (C=O) groups excluding carboxylic acids is 1. The van der Waals surface area contributed by atoms with Gasteiger partial charge in [0.15, 0.2) is 6.10 Å². The predicted molar refractivity (Wildman–Crippen MR) is 121 cm³/mol. The Labute approximate surface area is 197 Å². The molecule has 0 radical (unpaired) electrons. The Hall–Kier alpha value is -0.700. The fourth-order valence-electron chi connectivity index (χ4n) is 4.69. The number of alkyl halides is 1. The zero-order valence-electron chi connectivity index (χ0n) is 19.3. The van der Waals surface area contributed by atoms with Crippen molar-refractivity contribution in [1.29, 1.82) is 0 Å². The molecule has 0 unspecified atom stereocenters. The number of esters is 1. The highest BCUT2D eigenvalue weighted by atomic mass is 35.5. The fraction of sp³-hybridized carbons (Fsp3) is 0.875. The minimum atomic E-state index is -0.409. The van der Waals surface area contributed by atoms with Gasteiger partial charge >= 0.3 is 5.97 Å². The Morgan fingerprint density at radius 2 is 1.38 bits per heavy atom. The molecule has 2 heterocycles. The van der Waals surface area contributed by atoms with Crippen LogP contribution in [0.25, 0.3) is 0 Å². The van der Waals surface area contributed by atoms with E-state index in [-0.39, 0.29) is 25.1 Å². The lowest BCUT2D eigenvalue weighted by Gasteiger charge is -2.23. The molecule has 0 aromatic carbocycles. The van der Waals surface area contributed by atoms with Gasteiger partial charge in [-0.05, 0) is 32.6 Å². The summed E-state index contributed by atoms with van der Waals surface area (Å²) in [6.45, 7) is 6.24. The molecule has 4 aliphatic rings. The molecule has 184 valence electrons. The molecule has 0 amide bonds. The van der Waals surface area contributed by atoms with Crippen LogP contribution in [-0.4, -0.2) is 68.7 Å². The largest absolute Gasteiger partial charge is 0.454 e. The molecule has 0 aromatic rings. The van der Waals surface area contributed by atoms with Crippen LogP contribution < -0.4 is 0 Å². The van der Waals surface area contributed by atoms with Gasteiger partial charge in [0, 0.05) is 5.57 Å². The highest BCUT2D eigenvalue weighted by Gasteiger charge is 2.50. The summed E-state index contributed by atoms with van der Waals surface area (Å²) in [5.41, 5.74) is 0.375. The lowest BCUT2D eigenvalue weighted by Crippen LogP contribution is -2.35. The third-order valence-corrected chi connectivity index (χ3v) is 6.68. The summed E-state index contributed by atoms with van der Waals surface area (Å²) in [6, 6.07) is 0.366. The second-order valence-corrected chi connectivity index (χ2v) is 9.32. The fourth-order valence-corrected chi connectivity index (χ4v) is 4.86. The van der Waals surface area contributed by atoms with Gasteiger partial charge in [-0.2, -0.15) is 0 Å². The van der Waals surface area contributed by atoms with Crippen molar-refractivity contribution < 1.29 is 33.2 Å². The number of fused-ring (bicyclic) bond motifs is 1. The van der Waals surface area contributed by atoms with E-state index in [2.05, 4.69) is 6.58 Å². The molecule has 8 heteroatoms. The molecule has 4 atom stereocenters. The number of carbonyl (C=O) groups is 1. The highest BCUT2D eigenvalue weighted by Crippen LogP contribution is 2.31. The molecule has 0 spiro atoms. The van der Waals surface area contributed by atoms with Crippen molar-refractivity contribution in [3.05, 3.63) is 12.2 Å². The van der Waals surface area contributed by atoms with E-state index in [0.717, 1.165) is 12.8 Å². The maximum absolute atomic E-state index is 11.6. The van der Waals surface area contributed by atoms with Crippen molar-refractivity contribution in [1.82, 2.24) is 0 Å². The first-order valence-electron chi connectivity index (χ1n) is 12.1. The second kappa shape index (κ2) is 13.9. The van der Waals surface area contributed by atoms with Crippen LogP contribution in [0, 0.1) is 0 Å². The summed E-state index contributed by atoms with van der Waals surface area (Å²) in [7, 11) is 0. The van der Waals surface area contributed by atoms with E-state index in [1.807, 2.05) is 0 Å². The number of hydrogen-bond acceptors (Lipinski definition) is 7. The molecule has 32 heavy (non-hydrogen) atoms. The molecular formula is C24H39ClO7. The minimum Gasteiger partial charge on any atom is -0.454 e. The third-order valence-electron chi connectivity index (χ3n) is 6.56. The molecule has 2 aliphatic heterocycles. The van der Waals surface area contributed by atoms with Crippen molar-refractivity contribution in [2.45, 2.75) is 108 Å². The number of hydrogen-bond donors (Lipinski definition) is 0. The predicted octanol–water partition coefficient (Wildman–Crippen LogP) is 4.50. The second-order valence-electron chi connectivity index (χ2n) is 9.11. The monoisotopic (exact) mass is 474 g/mol. The van der Waals surface area contributed by atoms with E-state index >= 15 is 0 Å². The lowest BCUT2D eigenvalue weighted by atomic mass is 9.98. The van der Waals surface area contributed by atoms with Crippen LogP contribution in [-0.2, 0) is 33.2 Å². The van der Waals surface area contributed by atoms with E-state index in [4.69, 9.17) is 40.0 Å². The number of rotatable bonds is 8. The standard InChI is InChI=1S/C17H26O6.C7H13ClO/c1-11(2)17(18)23-14-9-20-15-13(8-19-16(14)15)22-10-21-12-6-4-3-5-7-12;8-6-9-7-4-2-1-3-5-7/h12-16H,1,3-10H2,2H3;7H,1-6H2/t13-,14+,15-,16-;/m1./s1. The van der Waals surface area contributed by atoms with Crippen molar-refractivity contribution in [3.8, 4) is 0 Å². The van der Waals surface area contributed by atoms with Gasteiger partial charge in [-0.1, -0.05) is 56.7 Å². The first-order chi connectivity index (χ1) is 15.6. The Morgan fingerprint density at radius 3 is 1.94 bits per heavy atom. The average molecular weight is 475 g/mol. The lowest BCUT2D eigenvalue weighted by molar-refractivity contribution is -0.151. The van der Waals surface area contributed by atoms with Crippen LogP contribution in [0.3, 0.4) is 0 Å². The zero-order valence-corrected chi connectivity index (χ0v) is 20.1. The van der Waals surface area contributed by atoms with Crippen LogP contribution in [0.1, 0.15) is 71.1 Å². The Kier molecular flexibility index (Phi) is 11.2.